The molecule has 4 nitrogen and oxygen atoms in total. The monoisotopic (exact) mass is 234 g/mol. The maximum atomic E-state index is 11.8. The summed E-state index contributed by atoms with van der Waals surface area (Å²) >= 11 is 0. The van der Waals surface area contributed by atoms with E-state index in [9.17, 15) is 9.59 Å². The van der Waals surface area contributed by atoms with E-state index in [4.69, 9.17) is 0 Å². The van der Waals surface area contributed by atoms with Crippen LogP contribution in [0.4, 0.5) is 0 Å². The molecule has 0 unspecified atom stereocenters. The van der Waals surface area contributed by atoms with Crippen LogP contribution in [0, 0.1) is 5.92 Å². The molecule has 1 N–H and O–H groups in total. The minimum absolute atomic E-state index is 0.00660. The molecule has 0 atom stereocenters. The Morgan fingerprint density at radius 1 is 1.47 bits per heavy atom. The Kier molecular flexibility index (Phi) is 3.61. The zero-order chi connectivity index (χ0) is 12.3. The Hall–Kier alpha value is -1.58. The van der Waals surface area contributed by atoms with Gasteiger partial charge in [-0.25, -0.2) is 0 Å². The Labute approximate surface area is 101 Å². The number of aromatic nitrogens is 1. The first-order valence-electron chi connectivity index (χ1n) is 6.17. The molecule has 1 aliphatic carbocycles. The fraction of sp³-hybridized carbons (Fsp3) is 0.538. The number of Topliss-reactive ketones (excluding diaryl/α,β-unsaturated/α-hetero) is 1. The van der Waals surface area contributed by atoms with E-state index in [-0.39, 0.29) is 24.2 Å². The van der Waals surface area contributed by atoms with Crippen molar-refractivity contribution < 1.29 is 9.59 Å². The third-order valence-corrected chi connectivity index (χ3v) is 2.88. The highest BCUT2D eigenvalue weighted by molar-refractivity contribution is 5.99. The molecule has 92 valence electrons. The molecule has 4 heteroatoms. The highest BCUT2D eigenvalue weighted by Crippen LogP contribution is 2.32. The van der Waals surface area contributed by atoms with Crippen molar-refractivity contribution in [3.63, 3.8) is 0 Å². The molecule has 1 aliphatic rings. The number of nitrogens with one attached hydrogen (secondary N) is 1. The molecule has 0 spiro atoms. The average Bonchev–Trinajstić information content (AvgIpc) is 3.06. The van der Waals surface area contributed by atoms with E-state index in [1.165, 1.54) is 0 Å². The van der Waals surface area contributed by atoms with Gasteiger partial charge in [-0.15, -0.1) is 0 Å². The molecule has 1 aromatic rings. The highest BCUT2D eigenvalue weighted by Gasteiger charge is 2.30. The van der Waals surface area contributed by atoms with Crippen LogP contribution in [0.1, 0.15) is 36.5 Å². The summed E-state index contributed by atoms with van der Waals surface area (Å²) < 4.78 is 1.76. The molecule has 0 aliphatic heterocycles. The zero-order valence-corrected chi connectivity index (χ0v) is 10.1. The number of carbonyl (C=O) groups excluding carboxylic acids is 2. The van der Waals surface area contributed by atoms with Crippen LogP contribution in [0.2, 0.25) is 0 Å². The van der Waals surface area contributed by atoms with E-state index in [2.05, 4.69) is 5.32 Å². The average molecular weight is 234 g/mol. The lowest BCUT2D eigenvalue weighted by Crippen LogP contribution is -2.27. The Bertz CT molecular complexity index is 419. The summed E-state index contributed by atoms with van der Waals surface area (Å²) in [6.45, 7) is 3.01. The minimum atomic E-state index is -0.00660. The Balaban J connectivity index is 1.89. The third-order valence-electron chi connectivity index (χ3n) is 2.88. The maximum absolute atomic E-state index is 11.8. The predicted octanol–water partition coefficient (Wildman–Crippen LogP) is 1.61. The van der Waals surface area contributed by atoms with Gasteiger partial charge in [0.1, 0.15) is 6.54 Å². The van der Waals surface area contributed by atoms with Crippen molar-refractivity contribution in [3.8, 4) is 0 Å². The second-order valence-electron chi connectivity index (χ2n) is 4.56. The van der Waals surface area contributed by atoms with Gasteiger partial charge in [-0.1, -0.05) is 6.92 Å². The topological polar surface area (TPSA) is 51.1 Å². The van der Waals surface area contributed by atoms with E-state index in [0.29, 0.717) is 6.54 Å². The van der Waals surface area contributed by atoms with E-state index in [1.807, 2.05) is 6.92 Å². The smallest absolute Gasteiger partial charge is 0.239 e. The molecule has 0 aromatic carbocycles. The second kappa shape index (κ2) is 5.17. The van der Waals surface area contributed by atoms with Crippen molar-refractivity contribution in [1.29, 1.82) is 0 Å². The molecule has 1 amide bonds. The number of nitrogens with zero attached hydrogens (tertiary/aromatic N) is 1. The molecule has 1 aromatic heterocycles. The minimum Gasteiger partial charge on any atom is -0.355 e. The van der Waals surface area contributed by atoms with Gasteiger partial charge in [0.2, 0.25) is 5.91 Å². The van der Waals surface area contributed by atoms with Gasteiger partial charge in [-0.3, -0.25) is 9.59 Å². The molecule has 17 heavy (non-hydrogen) atoms. The van der Waals surface area contributed by atoms with Crippen molar-refractivity contribution in [2.45, 2.75) is 32.7 Å². The summed E-state index contributed by atoms with van der Waals surface area (Å²) in [5.74, 6) is 0.449. The summed E-state index contributed by atoms with van der Waals surface area (Å²) in [4.78, 5) is 23.2. The van der Waals surface area contributed by atoms with E-state index in [0.717, 1.165) is 24.8 Å². The van der Waals surface area contributed by atoms with E-state index < -0.39 is 0 Å². The lowest BCUT2D eigenvalue weighted by Gasteiger charge is -2.04. The van der Waals surface area contributed by atoms with Gasteiger partial charge in [0.05, 0.1) is 0 Å². The molecular formula is C13H18N2O2. The molecule has 0 bridgehead atoms. The molecule has 1 heterocycles. The quantitative estimate of drug-likeness (QED) is 0.760. The number of amides is 1. The molecule has 0 saturated heterocycles. The zero-order valence-electron chi connectivity index (χ0n) is 10.1. The van der Waals surface area contributed by atoms with Crippen molar-refractivity contribution in [1.82, 2.24) is 9.88 Å². The number of ketones is 1. The maximum Gasteiger partial charge on any atom is 0.239 e. The largest absolute Gasteiger partial charge is 0.355 e. The van der Waals surface area contributed by atoms with Crippen LogP contribution in [-0.4, -0.2) is 22.8 Å². The van der Waals surface area contributed by atoms with Crippen LogP contribution in [0.25, 0.3) is 0 Å². The summed E-state index contributed by atoms with van der Waals surface area (Å²) in [5, 5.41) is 2.81. The van der Waals surface area contributed by atoms with Crippen LogP contribution in [0.15, 0.2) is 18.5 Å². The summed E-state index contributed by atoms with van der Waals surface area (Å²) in [6.07, 6.45) is 6.53. The summed E-state index contributed by atoms with van der Waals surface area (Å²) in [7, 11) is 0. The lowest BCUT2D eigenvalue weighted by atomic mass is 10.1. The number of hydrogen-bond donors (Lipinski definition) is 1. The Morgan fingerprint density at radius 2 is 2.24 bits per heavy atom. The first-order chi connectivity index (χ1) is 8.20. The fourth-order valence-corrected chi connectivity index (χ4v) is 1.75. The van der Waals surface area contributed by atoms with Crippen LogP contribution in [0.3, 0.4) is 0 Å². The lowest BCUT2D eigenvalue weighted by molar-refractivity contribution is -0.121. The van der Waals surface area contributed by atoms with Crippen molar-refractivity contribution in [2.75, 3.05) is 6.54 Å². The number of carbonyl (C=O) groups is 2. The van der Waals surface area contributed by atoms with Crippen molar-refractivity contribution in [2.24, 2.45) is 5.92 Å². The van der Waals surface area contributed by atoms with Crippen LogP contribution < -0.4 is 5.32 Å². The second-order valence-corrected chi connectivity index (χ2v) is 4.56. The Morgan fingerprint density at radius 3 is 2.88 bits per heavy atom. The van der Waals surface area contributed by atoms with Gasteiger partial charge < -0.3 is 9.88 Å². The van der Waals surface area contributed by atoms with Gasteiger partial charge in [0, 0.05) is 30.4 Å². The van der Waals surface area contributed by atoms with Gasteiger partial charge >= 0.3 is 0 Å². The van der Waals surface area contributed by atoms with Crippen LogP contribution in [0.5, 0.6) is 0 Å². The summed E-state index contributed by atoms with van der Waals surface area (Å²) in [5.41, 5.74) is 0.732. The first kappa shape index (κ1) is 11.9. The number of hydrogen-bond acceptors (Lipinski definition) is 2. The van der Waals surface area contributed by atoms with Crippen LogP contribution >= 0.6 is 0 Å². The standard InChI is InChI=1S/C13H18N2O2/c1-2-6-14-12(16)9-15-7-5-11(8-15)13(17)10-3-4-10/h5,7-8,10H,2-4,6,9H2,1H3,(H,14,16). The van der Waals surface area contributed by atoms with Gasteiger partial charge in [0.25, 0.3) is 0 Å². The number of rotatable bonds is 6. The van der Waals surface area contributed by atoms with Gasteiger partial charge in [-0.05, 0) is 25.3 Å². The normalized spacial score (nSPS) is 14.6. The summed E-state index contributed by atoms with van der Waals surface area (Å²) in [6, 6.07) is 1.80. The van der Waals surface area contributed by atoms with E-state index >= 15 is 0 Å². The third kappa shape index (κ3) is 3.19. The molecule has 0 radical (unpaired) electrons. The molecule has 2 rings (SSSR count). The van der Waals surface area contributed by atoms with Gasteiger partial charge in [-0.2, -0.15) is 0 Å². The van der Waals surface area contributed by atoms with Gasteiger partial charge in [0.15, 0.2) is 5.78 Å². The van der Waals surface area contributed by atoms with Crippen LogP contribution in [-0.2, 0) is 11.3 Å². The van der Waals surface area contributed by atoms with Crippen molar-refractivity contribution >= 4 is 11.7 Å². The molecule has 1 saturated carbocycles. The fourth-order valence-electron chi connectivity index (χ4n) is 1.75. The molecule has 1 fully saturated rings. The molecular weight excluding hydrogens is 216 g/mol. The SMILES string of the molecule is CCCNC(=O)Cn1ccc(C(=O)C2CC2)c1. The predicted molar refractivity (Wildman–Crippen MR) is 64.8 cm³/mol. The first-order valence-corrected chi connectivity index (χ1v) is 6.17. The van der Waals surface area contributed by atoms with Crippen molar-refractivity contribution in [3.05, 3.63) is 24.0 Å². The van der Waals surface area contributed by atoms with E-state index in [1.54, 1.807) is 23.0 Å². The highest BCUT2D eigenvalue weighted by atomic mass is 16.2.